The fourth-order valence-corrected chi connectivity index (χ4v) is 1.23. The average molecular weight is 260 g/mol. The highest BCUT2D eigenvalue weighted by Gasteiger charge is 2.31. The number of nitrogens with two attached hydrogens (primary N) is 1. The number of non-ortho nitro benzene ring substituents is 1. The van der Waals surface area contributed by atoms with Crippen LogP contribution in [-0.2, 0) is 16.6 Å². The maximum absolute atomic E-state index is 10.6. The van der Waals surface area contributed by atoms with Gasteiger partial charge in [0.05, 0.1) is 4.92 Å². The van der Waals surface area contributed by atoms with Crippen molar-refractivity contribution in [3.05, 3.63) is 39.4 Å². The van der Waals surface area contributed by atoms with E-state index in [2.05, 4.69) is 4.74 Å². The van der Waals surface area contributed by atoms with E-state index in [4.69, 9.17) is 15.9 Å². The van der Waals surface area contributed by atoms with E-state index in [0.29, 0.717) is 0 Å². The van der Waals surface area contributed by atoms with Crippen molar-refractivity contribution in [2.24, 2.45) is 5.73 Å². The number of nitrogens with zero attached hydrogens (tertiary/aromatic N) is 1. The van der Waals surface area contributed by atoms with Gasteiger partial charge in [-0.1, -0.05) is 0 Å². The lowest BCUT2D eigenvalue weighted by Crippen LogP contribution is -2.36. The van der Waals surface area contributed by atoms with Crippen molar-refractivity contribution in [1.82, 2.24) is 0 Å². The molecule has 9 nitrogen and oxygen atoms in total. The van der Waals surface area contributed by atoms with Gasteiger partial charge in [-0.15, -0.1) is 0 Å². The Bertz CT molecular complexity index is 466. The number of benzene rings is 1. The van der Waals surface area contributed by atoms with E-state index in [-0.39, 0.29) is 0 Å². The number of hydrogen-bond acceptors (Lipinski definition) is 8. The van der Waals surface area contributed by atoms with E-state index in [1.165, 1.54) is 0 Å². The van der Waals surface area contributed by atoms with Crippen LogP contribution < -0.4 is 5.73 Å². The quantitative estimate of drug-likeness (QED) is 0.245. The smallest absolute Gasteiger partial charge is 0.306 e. The summed E-state index contributed by atoms with van der Waals surface area (Å²) in [4.78, 5) is 9.79. The number of aliphatic hydroxyl groups is 4. The minimum Gasteiger partial charge on any atom is -0.350 e. The Balaban J connectivity index is 3.46. The van der Waals surface area contributed by atoms with Gasteiger partial charge in [0, 0.05) is 30.4 Å². The van der Waals surface area contributed by atoms with E-state index in [1.807, 2.05) is 0 Å². The maximum atomic E-state index is 10.6. The Morgan fingerprint density at radius 1 is 1.22 bits per heavy atom. The molecule has 0 aliphatic rings. The number of ether oxygens (including phenoxy) is 1. The topological polar surface area (TPSA) is 159 Å². The molecule has 0 aliphatic carbocycles. The third-order valence-electron chi connectivity index (χ3n) is 2.21. The van der Waals surface area contributed by atoms with Crippen molar-refractivity contribution in [2.75, 3.05) is 7.11 Å². The summed E-state index contributed by atoms with van der Waals surface area (Å²) in [6, 6.07) is 2.45. The lowest BCUT2D eigenvalue weighted by Gasteiger charge is -2.22. The molecule has 0 unspecified atom stereocenters. The summed E-state index contributed by atoms with van der Waals surface area (Å²) in [5, 5.41) is 47.8. The highest BCUT2D eigenvalue weighted by Crippen LogP contribution is 2.28. The van der Waals surface area contributed by atoms with Gasteiger partial charge < -0.3 is 25.2 Å². The highest BCUT2D eigenvalue weighted by molar-refractivity contribution is 5.41. The monoisotopic (exact) mass is 260 g/mol. The van der Waals surface area contributed by atoms with Crippen molar-refractivity contribution in [1.29, 1.82) is 0 Å². The first-order valence-electron chi connectivity index (χ1n) is 4.62. The van der Waals surface area contributed by atoms with Gasteiger partial charge in [0.2, 0.25) is 5.91 Å². The molecule has 18 heavy (non-hydrogen) atoms. The summed E-state index contributed by atoms with van der Waals surface area (Å²) < 4.78 is 4.31. The second kappa shape index (κ2) is 4.57. The van der Waals surface area contributed by atoms with E-state index in [1.54, 1.807) is 0 Å². The Morgan fingerprint density at radius 3 is 2.11 bits per heavy atom. The fourth-order valence-electron chi connectivity index (χ4n) is 1.23. The zero-order valence-corrected chi connectivity index (χ0v) is 9.27. The third kappa shape index (κ3) is 2.98. The van der Waals surface area contributed by atoms with Crippen LogP contribution in [0.3, 0.4) is 0 Å². The first-order valence-corrected chi connectivity index (χ1v) is 4.62. The summed E-state index contributed by atoms with van der Waals surface area (Å²) in [5.74, 6) is -5.67. The van der Waals surface area contributed by atoms with Crippen LogP contribution in [0.25, 0.3) is 0 Å². The normalized spacial score (nSPS) is 12.6. The number of rotatable bonds is 4. The van der Waals surface area contributed by atoms with E-state index in [9.17, 15) is 20.3 Å². The molecule has 0 radical (unpaired) electrons. The van der Waals surface area contributed by atoms with Crippen molar-refractivity contribution >= 4 is 5.69 Å². The summed E-state index contributed by atoms with van der Waals surface area (Å²) in [7, 11) is 0.950. The molecule has 0 atom stereocenters. The van der Waals surface area contributed by atoms with Crippen molar-refractivity contribution in [2.45, 2.75) is 11.9 Å². The number of nitro groups is 1. The Labute approximate surface area is 101 Å². The number of nitro benzene ring substituents is 1. The first kappa shape index (κ1) is 14.4. The molecule has 0 spiro atoms. The molecule has 0 saturated carbocycles. The van der Waals surface area contributed by atoms with Crippen LogP contribution in [0, 0.1) is 10.1 Å². The molecule has 1 rings (SSSR count). The predicted molar refractivity (Wildman–Crippen MR) is 56.5 cm³/mol. The third-order valence-corrected chi connectivity index (χ3v) is 2.21. The van der Waals surface area contributed by atoms with Crippen LogP contribution in [0.4, 0.5) is 5.69 Å². The van der Waals surface area contributed by atoms with E-state index in [0.717, 1.165) is 25.3 Å². The first-order chi connectivity index (χ1) is 8.08. The van der Waals surface area contributed by atoms with Gasteiger partial charge in [-0.3, -0.25) is 15.8 Å². The molecule has 0 bridgehead atoms. The second-order valence-electron chi connectivity index (χ2n) is 3.56. The molecule has 0 aromatic heterocycles. The summed E-state index contributed by atoms with van der Waals surface area (Å²) >= 11 is 0. The SMILES string of the molecule is COC(O)(O)c1cc([N+](=O)[O-])cc(C(N)(O)O)c1. The second-order valence-corrected chi connectivity index (χ2v) is 3.56. The standard InChI is InChI=1S/C9H12N2O7/c1-18-9(14,15)6-2-5(8(10,12)13)3-7(4-6)11(16)17/h2-4,12-15H,10H2,1H3. The molecular weight excluding hydrogens is 248 g/mol. The molecule has 100 valence electrons. The molecule has 6 N–H and O–H groups in total. The largest absolute Gasteiger partial charge is 0.350 e. The number of hydrogen-bond donors (Lipinski definition) is 5. The maximum Gasteiger partial charge on any atom is 0.306 e. The lowest BCUT2D eigenvalue weighted by atomic mass is 10.1. The van der Waals surface area contributed by atoms with Gasteiger partial charge in [-0.25, -0.2) is 0 Å². The molecule has 0 saturated heterocycles. The zero-order chi connectivity index (χ0) is 14.1. The van der Waals surface area contributed by atoms with Crippen molar-refractivity contribution in [3.8, 4) is 0 Å². The molecule has 0 fully saturated rings. The molecular formula is C9H12N2O7. The highest BCUT2D eigenvalue weighted by atomic mass is 16.8. The van der Waals surface area contributed by atoms with Gasteiger partial charge in [0.1, 0.15) is 0 Å². The molecule has 0 amide bonds. The van der Waals surface area contributed by atoms with Crippen LogP contribution in [0.15, 0.2) is 18.2 Å². The van der Waals surface area contributed by atoms with Gasteiger partial charge >= 0.3 is 5.97 Å². The van der Waals surface area contributed by atoms with E-state index >= 15 is 0 Å². The van der Waals surface area contributed by atoms with Gasteiger partial charge in [0.15, 0.2) is 0 Å². The predicted octanol–water partition coefficient (Wildman–Crippen LogP) is -1.61. The lowest BCUT2D eigenvalue weighted by molar-refractivity contribution is -0.386. The minimum absolute atomic E-state index is 0.466. The van der Waals surface area contributed by atoms with Gasteiger partial charge in [-0.05, 0) is 6.07 Å². The molecule has 0 heterocycles. The average Bonchev–Trinajstić information content (AvgIpc) is 2.27. The molecule has 1 aromatic carbocycles. The van der Waals surface area contributed by atoms with Crippen LogP contribution in [0.2, 0.25) is 0 Å². The van der Waals surface area contributed by atoms with Crippen LogP contribution in [-0.4, -0.2) is 32.5 Å². The number of methoxy groups -OCH3 is 1. The van der Waals surface area contributed by atoms with Crippen LogP contribution in [0.5, 0.6) is 0 Å². The summed E-state index contributed by atoms with van der Waals surface area (Å²) in [6.07, 6.45) is 0. The van der Waals surface area contributed by atoms with Gasteiger partial charge in [-0.2, -0.15) is 0 Å². The zero-order valence-electron chi connectivity index (χ0n) is 9.27. The molecule has 9 heteroatoms. The van der Waals surface area contributed by atoms with E-state index < -0.39 is 33.6 Å². The van der Waals surface area contributed by atoms with Crippen molar-refractivity contribution < 1.29 is 30.1 Å². The Morgan fingerprint density at radius 2 is 1.72 bits per heavy atom. The Hall–Kier alpha value is -1.62. The minimum atomic E-state index is -2.86. The fraction of sp³-hybridized carbons (Fsp3) is 0.333. The van der Waals surface area contributed by atoms with Gasteiger partial charge in [0.25, 0.3) is 5.69 Å². The molecule has 1 aromatic rings. The molecule has 0 aliphatic heterocycles. The Kier molecular flexibility index (Phi) is 3.67. The van der Waals surface area contributed by atoms with Crippen molar-refractivity contribution in [3.63, 3.8) is 0 Å². The summed E-state index contributed by atoms with van der Waals surface area (Å²) in [5.41, 5.74) is 3.40. The van der Waals surface area contributed by atoms with Crippen LogP contribution >= 0.6 is 0 Å². The van der Waals surface area contributed by atoms with Crippen LogP contribution in [0.1, 0.15) is 11.1 Å². The summed E-state index contributed by atoms with van der Waals surface area (Å²) in [6.45, 7) is 0.